The van der Waals surface area contributed by atoms with E-state index in [0.717, 1.165) is 16.7 Å². The number of para-hydroxylation sites is 1. The van der Waals surface area contributed by atoms with Crippen LogP contribution in [0.3, 0.4) is 0 Å². The van der Waals surface area contributed by atoms with Gasteiger partial charge < -0.3 is 19.5 Å². The van der Waals surface area contributed by atoms with E-state index in [1.807, 2.05) is 18.2 Å². The third-order valence-corrected chi connectivity index (χ3v) is 6.47. The number of amides is 3. The first kappa shape index (κ1) is 27.3. The van der Waals surface area contributed by atoms with Gasteiger partial charge in [-0.25, -0.2) is 4.79 Å². The summed E-state index contributed by atoms with van der Waals surface area (Å²) in [6, 6.07) is 11.2. The van der Waals surface area contributed by atoms with Crippen LogP contribution in [0.5, 0.6) is 11.5 Å². The molecule has 0 radical (unpaired) electrons. The van der Waals surface area contributed by atoms with Crippen molar-refractivity contribution in [2.45, 2.75) is 26.8 Å². The molecule has 1 fully saturated rings. The van der Waals surface area contributed by atoms with E-state index in [-0.39, 0.29) is 24.0 Å². The molecule has 1 atom stereocenters. The van der Waals surface area contributed by atoms with Gasteiger partial charge in [0.25, 0.3) is 17.1 Å². The lowest BCUT2D eigenvalue weighted by Crippen LogP contribution is -2.42. The van der Waals surface area contributed by atoms with Gasteiger partial charge >= 0.3 is 5.97 Å². The summed E-state index contributed by atoms with van der Waals surface area (Å²) in [4.78, 5) is 50.7. The lowest BCUT2D eigenvalue weighted by atomic mass is 10.1. The van der Waals surface area contributed by atoms with Gasteiger partial charge in [0, 0.05) is 10.2 Å². The van der Waals surface area contributed by atoms with Crippen LogP contribution >= 0.6 is 27.7 Å². The lowest BCUT2D eigenvalue weighted by molar-refractivity contribution is -0.150. The molecule has 9 nitrogen and oxygen atoms in total. The number of hydrogen-bond donors (Lipinski definition) is 1. The maximum Gasteiger partial charge on any atom is 0.329 e. The average molecular weight is 577 g/mol. The number of nitrogens with one attached hydrogen (secondary N) is 1. The molecule has 2 aromatic carbocycles. The normalized spacial score (nSPS) is 15.1. The van der Waals surface area contributed by atoms with Gasteiger partial charge in [-0.1, -0.05) is 34.1 Å². The second kappa shape index (κ2) is 12.6. The monoisotopic (exact) mass is 576 g/mol. The number of esters is 1. The maximum absolute atomic E-state index is 12.9. The zero-order valence-corrected chi connectivity index (χ0v) is 22.3. The summed E-state index contributed by atoms with van der Waals surface area (Å²) in [6.45, 7) is 5.13. The third kappa shape index (κ3) is 6.67. The molecule has 0 aliphatic carbocycles. The molecule has 3 amide bonds. The summed E-state index contributed by atoms with van der Waals surface area (Å²) in [5.74, 6) is -0.896. The van der Waals surface area contributed by atoms with Gasteiger partial charge in [-0.15, -0.1) is 0 Å². The highest BCUT2D eigenvalue weighted by atomic mass is 79.9. The fourth-order valence-corrected chi connectivity index (χ4v) is 4.56. The Kier molecular flexibility index (Phi) is 9.54. The standard InChI is InChI=1S/C25H25BrN2O7S/c1-4-33-19-11-16(12-21-23(30)28(25(32)36-21)15(3)24(31)34-5-2)18(26)13-20(19)35-14-22(29)27-17-9-7-6-8-10-17/h6-13,15H,4-5,14H2,1-3H3,(H,27,29)/b21-12+/t15-/m1/s1. The van der Waals surface area contributed by atoms with Crippen LogP contribution in [0.25, 0.3) is 6.08 Å². The lowest BCUT2D eigenvalue weighted by Gasteiger charge is -2.19. The second-order valence-corrected chi connectivity index (χ2v) is 9.28. The summed E-state index contributed by atoms with van der Waals surface area (Å²) in [7, 11) is 0. The smallest absolute Gasteiger partial charge is 0.329 e. The molecule has 36 heavy (non-hydrogen) atoms. The van der Waals surface area contributed by atoms with Crippen LogP contribution in [0, 0.1) is 0 Å². The maximum atomic E-state index is 12.9. The number of imide groups is 1. The molecule has 1 saturated heterocycles. The average Bonchev–Trinajstić information content (AvgIpc) is 3.13. The molecule has 0 bridgehead atoms. The van der Waals surface area contributed by atoms with E-state index in [9.17, 15) is 19.2 Å². The van der Waals surface area contributed by atoms with Gasteiger partial charge in [0.1, 0.15) is 6.04 Å². The Morgan fingerprint density at radius 2 is 1.78 bits per heavy atom. The van der Waals surface area contributed by atoms with Crippen LogP contribution in [-0.2, 0) is 19.1 Å². The van der Waals surface area contributed by atoms with Gasteiger partial charge in [0.2, 0.25) is 0 Å². The van der Waals surface area contributed by atoms with Crippen molar-refractivity contribution in [1.29, 1.82) is 0 Å². The van der Waals surface area contributed by atoms with Crippen molar-refractivity contribution in [1.82, 2.24) is 4.90 Å². The fourth-order valence-electron chi connectivity index (χ4n) is 3.23. The Labute approximate surface area is 221 Å². The van der Waals surface area contributed by atoms with Crippen LogP contribution in [-0.4, -0.2) is 53.8 Å². The summed E-state index contributed by atoms with van der Waals surface area (Å²) in [5, 5.41) is 2.18. The van der Waals surface area contributed by atoms with Crippen LogP contribution in [0.15, 0.2) is 51.8 Å². The van der Waals surface area contributed by atoms with Crippen LogP contribution in [0.2, 0.25) is 0 Å². The van der Waals surface area contributed by atoms with E-state index >= 15 is 0 Å². The predicted octanol–water partition coefficient (Wildman–Crippen LogP) is 4.85. The van der Waals surface area contributed by atoms with Crippen LogP contribution < -0.4 is 14.8 Å². The zero-order chi connectivity index (χ0) is 26.2. The summed E-state index contributed by atoms with van der Waals surface area (Å²) >= 11 is 4.18. The van der Waals surface area contributed by atoms with E-state index in [1.165, 1.54) is 13.0 Å². The number of hydrogen-bond acceptors (Lipinski definition) is 8. The molecular formula is C25H25BrN2O7S. The molecule has 1 heterocycles. The molecule has 0 spiro atoms. The largest absolute Gasteiger partial charge is 0.490 e. The van der Waals surface area contributed by atoms with Crippen LogP contribution in [0.4, 0.5) is 10.5 Å². The second-order valence-electron chi connectivity index (χ2n) is 7.44. The molecular weight excluding hydrogens is 552 g/mol. The van der Waals surface area contributed by atoms with Crippen LogP contribution in [0.1, 0.15) is 26.3 Å². The summed E-state index contributed by atoms with van der Waals surface area (Å²) in [6.07, 6.45) is 1.53. The van der Waals surface area contributed by atoms with Gasteiger partial charge in [-0.3, -0.25) is 19.3 Å². The Balaban J connectivity index is 1.78. The molecule has 2 aromatic rings. The number of anilines is 1. The molecule has 190 valence electrons. The van der Waals surface area contributed by atoms with Crippen molar-refractivity contribution in [2.75, 3.05) is 25.1 Å². The van der Waals surface area contributed by atoms with E-state index in [2.05, 4.69) is 21.2 Å². The Bertz CT molecular complexity index is 1190. The Morgan fingerprint density at radius 1 is 1.08 bits per heavy atom. The predicted molar refractivity (Wildman–Crippen MR) is 140 cm³/mol. The first-order valence-electron chi connectivity index (χ1n) is 11.1. The minimum atomic E-state index is -1.04. The number of benzene rings is 2. The van der Waals surface area contributed by atoms with Crippen molar-refractivity contribution in [3.63, 3.8) is 0 Å². The van der Waals surface area contributed by atoms with Gasteiger partial charge in [-0.05, 0) is 68.4 Å². The number of thioether (sulfide) groups is 1. The highest BCUT2D eigenvalue weighted by molar-refractivity contribution is 9.10. The molecule has 0 saturated carbocycles. The number of carbonyl (C=O) groups excluding carboxylic acids is 4. The third-order valence-electron chi connectivity index (χ3n) is 4.90. The van der Waals surface area contributed by atoms with Crippen molar-refractivity contribution in [3.8, 4) is 11.5 Å². The topological polar surface area (TPSA) is 111 Å². The minimum absolute atomic E-state index is 0.144. The van der Waals surface area contributed by atoms with Crippen molar-refractivity contribution in [3.05, 3.63) is 57.4 Å². The van der Waals surface area contributed by atoms with E-state index in [0.29, 0.717) is 33.8 Å². The molecule has 0 aromatic heterocycles. The molecule has 1 N–H and O–H groups in total. The number of halogens is 1. The Hall–Kier alpha value is -3.31. The zero-order valence-electron chi connectivity index (χ0n) is 19.9. The van der Waals surface area contributed by atoms with E-state index in [4.69, 9.17) is 14.2 Å². The summed E-state index contributed by atoms with van der Waals surface area (Å²) in [5.41, 5.74) is 1.20. The Morgan fingerprint density at radius 3 is 2.44 bits per heavy atom. The molecule has 3 rings (SSSR count). The highest BCUT2D eigenvalue weighted by Gasteiger charge is 2.41. The fraction of sp³-hybridized carbons (Fsp3) is 0.280. The first-order chi connectivity index (χ1) is 17.2. The van der Waals surface area contributed by atoms with Gasteiger partial charge in [0.05, 0.1) is 18.1 Å². The number of nitrogens with zero attached hydrogens (tertiary/aromatic N) is 1. The summed E-state index contributed by atoms with van der Waals surface area (Å²) < 4.78 is 16.9. The first-order valence-corrected chi connectivity index (χ1v) is 12.7. The highest BCUT2D eigenvalue weighted by Crippen LogP contribution is 2.38. The van der Waals surface area contributed by atoms with Gasteiger partial charge in [-0.2, -0.15) is 0 Å². The molecule has 0 unspecified atom stereocenters. The van der Waals surface area contributed by atoms with Gasteiger partial charge in [0.15, 0.2) is 18.1 Å². The number of carbonyl (C=O) groups is 4. The van der Waals surface area contributed by atoms with Crippen molar-refractivity contribution < 1.29 is 33.4 Å². The molecule has 11 heteroatoms. The minimum Gasteiger partial charge on any atom is -0.490 e. The van der Waals surface area contributed by atoms with E-state index < -0.39 is 23.2 Å². The van der Waals surface area contributed by atoms with Crippen molar-refractivity contribution in [2.24, 2.45) is 0 Å². The van der Waals surface area contributed by atoms with Crippen molar-refractivity contribution >= 4 is 62.5 Å². The number of ether oxygens (including phenoxy) is 3. The molecule has 1 aliphatic rings. The SMILES string of the molecule is CCOC(=O)[C@@H](C)N1C(=O)S/C(=C/c2cc(OCC)c(OCC(=O)Nc3ccccc3)cc2Br)C1=O. The number of rotatable bonds is 10. The quantitative estimate of drug-likeness (QED) is 0.315. The van der Waals surface area contributed by atoms with E-state index in [1.54, 1.807) is 38.1 Å². The molecule has 1 aliphatic heterocycles.